The second-order valence-electron chi connectivity index (χ2n) is 4.78. The molecule has 0 aliphatic heterocycles. The molecule has 18 heavy (non-hydrogen) atoms. The summed E-state index contributed by atoms with van der Waals surface area (Å²) in [5, 5.41) is 3.99. The summed E-state index contributed by atoms with van der Waals surface area (Å²) >= 11 is 3.56. The van der Waals surface area contributed by atoms with Crippen molar-refractivity contribution in [1.29, 1.82) is 0 Å². The monoisotopic (exact) mass is 311 g/mol. The van der Waals surface area contributed by atoms with Gasteiger partial charge in [0.25, 0.3) is 0 Å². The second-order valence-corrected chi connectivity index (χ2v) is 5.34. The molecular formula is C15H22BrNO. The van der Waals surface area contributed by atoms with Crippen molar-refractivity contribution in [2.24, 2.45) is 5.41 Å². The van der Waals surface area contributed by atoms with Gasteiger partial charge in [0, 0.05) is 11.9 Å². The molecule has 1 aromatic rings. The molecule has 0 bridgehead atoms. The molecule has 1 rings (SSSR count). The van der Waals surface area contributed by atoms with Crippen molar-refractivity contribution in [2.45, 2.75) is 33.1 Å². The Morgan fingerprint density at radius 1 is 1.22 bits per heavy atom. The topological polar surface area (TPSA) is 29.1 Å². The molecule has 0 aliphatic rings. The van der Waals surface area contributed by atoms with E-state index in [1.165, 1.54) is 0 Å². The van der Waals surface area contributed by atoms with E-state index in [0.29, 0.717) is 6.42 Å². The lowest BCUT2D eigenvalue weighted by Gasteiger charge is -2.29. The number of hydrogen-bond acceptors (Lipinski definition) is 1. The van der Waals surface area contributed by atoms with E-state index in [1.54, 1.807) is 0 Å². The first kappa shape index (κ1) is 15.2. The third-order valence-corrected chi connectivity index (χ3v) is 4.84. The van der Waals surface area contributed by atoms with E-state index >= 15 is 0 Å². The second kappa shape index (κ2) is 7.57. The van der Waals surface area contributed by atoms with Gasteiger partial charge in [-0.1, -0.05) is 60.1 Å². The molecule has 100 valence electrons. The molecule has 1 amide bonds. The Morgan fingerprint density at radius 2 is 1.83 bits per heavy atom. The number of carbonyl (C=O) groups excluding carboxylic acids is 1. The Labute approximate surface area is 118 Å². The predicted octanol–water partition coefficient (Wildman–Crippen LogP) is 3.55. The van der Waals surface area contributed by atoms with Crippen molar-refractivity contribution >= 4 is 21.8 Å². The summed E-state index contributed by atoms with van der Waals surface area (Å²) in [6.07, 6.45) is 2.60. The van der Waals surface area contributed by atoms with Crippen LogP contribution in [0.15, 0.2) is 30.3 Å². The highest BCUT2D eigenvalue weighted by Gasteiger charge is 2.25. The van der Waals surface area contributed by atoms with Gasteiger partial charge < -0.3 is 5.32 Å². The van der Waals surface area contributed by atoms with Gasteiger partial charge >= 0.3 is 0 Å². The highest BCUT2D eigenvalue weighted by molar-refractivity contribution is 9.09. The zero-order valence-corrected chi connectivity index (χ0v) is 12.8. The summed E-state index contributed by atoms with van der Waals surface area (Å²) in [6, 6.07) is 9.85. The van der Waals surface area contributed by atoms with Gasteiger partial charge in [0.2, 0.25) is 5.91 Å². The predicted molar refractivity (Wildman–Crippen MR) is 80.0 cm³/mol. The lowest BCUT2D eigenvalue weighted by atomic mass is 9.84. The van der Waals surface area contributed by atoms with Gasteiger partial charge in [-0.3, -0.25) is 4.79 Å². The third-order valence-electron chi connectivity index (χ3n) is 3.65. The fraction of sp³-hybridized carbons (Fsp3) is 0.533. The van der Waals surface area contributed by atoms with E-state index in [4.69, 9.17) is 0 Å². The van der Waals surface area contributed by atoms with Gasteiger partial charge in [-0.05, 0) is 23.8 Å². The average molecular weight is 312 g/mol. The zero-order chi connectivity index (χ0) is 13.4. The minimum Gasteiger partial charge on any atom is -0.355 e. The SMILES string of the molecule is CCC(CC)(CBr)CNC(=O)Cc1ccccc1. The maximum Gasteiger partial charge on any atom is 0.224 e. The molecule has 0 saturated heterocycles. The van der Waals surface area contributed by atoms with Gasteiger partial charge in [-0.25, -0.2) is 0 Å². The molecule has 0 aliphatic carbocycles. The summed E-state index contributed by atoms with van der Waals surface area (Å²) < 4.78 is 0. The number of nitrogens with one attached hydrogen (secondary N) is 1. The summed E-state index contributed by atoms with van der Waals surface area (Å²) in [6.45, 7) is 5.10. The Morgan fingerprint density at radius 3 is 2.33 bits per heavy atom. The first-order chi connectivity index (χ1) is 8.65. The number of benzene rings is 1. The first-order valence-electron chi connectivity index (χ1n) is 6.52. The number of halogens is 1. The van der Waals surface area contributed by atoms with Crippen LogP contribution in [0.3, 0.4) is 0 Å². The maximum absolute atomic E-state index is 11.9. The number of rotatable bonds is 7. The number of alkyl halides is 1. The van der Waals surface area contributed by atoms with Gasteiger partial charge in [-0.15, -0.1) is 0 Å². The highest BCUT2D eigenvalue weighted by atomic mass is 79.9. The lowest BCUT2D eigenvalue weighted by molar-refractivity contribution is -0.120. The van der Waals surface area contributed by atoms with E-state index in [1.807, 2.05) is 30.3 Å². The molecule has 0 aromatic heterocycles. The number of carbonyl (C=O) groups is 1. The fourth-order valence-electron chi connectivity index (χ4n) is 1.87. The van der Waals surface area contributed by atoms with Crippen LogP contribution in [0, 0.1) is 5.41 Å². The van der Waals surface area contributed by atoms with E-state index in [9.17, 15) is 4.79 Å². The van der Waals surface area contributed by atoms with E-state index in [0.717, 1.165) is 30.3 Å². The standard InChI is InChI=1S/C15H22BrNO/c1-3-15(4-2,11-16)12-17-14(18)10-13-8-6-5-7-9-13/h5-9H,3-4,10-12H2,1-2H3,(H,17,18). The molecule has 0 atom stereocenters. The molecule has 0 saturated carbocycles. The van der Waals surface area contributed by atoms with Crippen molar-refractivity contribution in [1.82, 2.24) is 5.32 Å². The highest BCUT2D eigenvalue weighted by Crippen LogP contribution is 2.27. The molecular weight excluding hydrogens is 290 g/mol. The Hall–Kier alpha value is -0.830. The molecule has 1 N–H and O–H groups in total. The largest absolute Gasteiger partial charge is 0.355 e. The Kier molecular flexibility index (Phi) is 6.41. The van der Waals surface area contributed by atoms with E-state index in [2.05, 4.69) is 35.1 Å². The van der Waals surface area contributed by atoms with Crippen molar-refractivity contribution in [3.05, 3.63) is 35.9 Å². The van der Waals surface area contributed by atoms with Crippen LogP contribution in [-0.2, 0) is 11.2 Å². The smallest absolute Gasteiger partial charge is 0.224 e. The molecule has 1 aromatic carbocycles. The molecule has 3 heteroatoms. The van der Waals surface area contributed by atoms with Crippen LogP contribution in [-0.4, -0.2) is 17.8 Å². The van der Waals surface area contributed by atoms with Crippen LogP contribution in [0.5, 0.6) is 0 Å². The van der Waals surface area contributed by atoms with Crippen molar-refractivity contribution in [2.75, 3.05) is 11.9 Å². The van der Waals surface area contributed by atoms with Crippen molar-refractivity contribution in [3.8, 4) is 0 Å². The normalized spacial score (nSPS) is 11.3. The molecule has 0 fully saturated rings. The minimum absolute atomic E-state index is 0.105. The molecule has 0 radical (unpaired) electrons. The minimum atomic E-state index is 0.105. The van der Waals surface area contributed by atoms with Gasteiger partial charge in [0.1, 0.15) is 0 Å². The fourth-order valence-corrected chi connectivity index (χ4v) is 2.86. The van der Waals surface area contributed by atoms with Crippen LogP contribution in [0.1, 0.15) is 32.3 Å². The number of amides is 1. The maximum atomic E-state index is 11.9. The zero-order valence-electron chi connectivity index (χ0n) is 11.2. The van der Waals surface area contributed by atoms with Crippen LogP contribution < -0.4 is 5.32 Å². The van der Waals surface area contributed by atoms with Gasteiger partial charge in [0.05, 0.1) is 6.42 Å². The summed E-state index contributed by atoms with van der Waals surface area (Å²) in [7, 11) is 0. The number of hydrogen-bond donors (Lipinski definition) is 1. The average Bonchev–Trinajstić information content (AvgIpc) is 2.42. The lowest BCUT2D eigenvalue weighted by Crippen LogP contribution is -2.38. The Balaban J connectivity index is 2.46. The molecule has 2 nitrogen and oxygen atoms in total. The van der Waals surface area contributed by atoms with Gasteiger partial charge in [-0.2, -0.15) is 0 Å². The van der Waals surface area contributed by atoms with E-state index in [-0.39, 0.29) is 11.3 Å². The van der Waals surface area contributed by atoms with Crippen LogP contribution >= 0.6 is 15.9 Å². The van der Waals surface area contributed by atoms with Crippen LogP contribution in [0.25, 0.3) is 0 Å². The molecule has 0 spiro atoms. The van der Waals surface area contributed by atoms with Crippen molar-refractivity contribution < 1.29 is 4.79 Å². The van der Waals surface area contributed by atoms with E-state index < -0.39 is 0 Å². The van der Waals surface area contributed by atoms with Crippen LogP contribution in [0.4, 0.5) is 0 Å². The first-order valence-corrected chi connectivity index (χ1v) is 7.64. The molecule has 0 unspecified atom stereocenters. The summed E-state index contributed by atoms with van der Waals surface area (Å²) in [5.41, 5.74) is 1.25. The summed E-state index contributed by atoms with van der Waals surface area (Å²) in [4.78, 5) is 11.9. The summed E-state index contributed by atoms with van der Waals surface area (Å²) in [5.74, 6) is 0.105. The Bertz CT molecular complexity index is 352. The van der Waals surface area contributed by atoms with Crippen molar-refractivity contribution in [3.63, 3.8) is 0 Å². The van der Waals surface area contributed by atoms with Crippen LogP contribution in [0.2, 0.25) is 0 Å². The quantitative estimate of drug-likeness (QED) is 0.767. The molecule has 0 heterocycles. The van der Waals surface area contributed by atoms with Gasteiger partial charge in [0.15, 0.2) is 0 Å². The third kappa shape index (κ3) is 4.45.